The van der Waals surface area contributed by atoms with Gasteiger partial charge in [-0.1, -0.05) is 0 Å². The molecule has 0 saturated heterocycles. The number of aliphatic imine (C=N–C) groups is 1. The second kappa shape index (κ2) is 6.97. The van der Waals surface area contributed by atoms with Crippen molar-refractivity contribution in [2.24, 2.45) is 4.99 Å². The van der Waals surface area contributed by atoms with Crippen molar-refractivity contribution in [3.05, 3.63) is 0 Å². The number of carboxylic acids is 1. The lowest BCUT2D eigenvalue weighted by Gasteiger charge is -2.04. The predicted molar refractivity (Wildman–Crippen MR) is 56.5 cm³/mol. The first-order valence-corrected chi connectivity index (χ1v) is 5.18. The summed E-state index contributed by atoms with van der Waals surface area (Å²) in [5.41, 5.74) is 1.06. The number of aliphatic carboxylic acids is 1. The van der Waals surface area contributed by atoms with E-state index in [9.17, 15) is 18.0 Å². The van der Waals surface area contributed by atoms with Gasteiger partial charge in [0, 0.05) is 5.71 Å². The van der Waals surface area contributed by atoms with Crippen LogP contribution in [0.25, 0.3) is 0 Å². The van der Waals surface area contributed by atoms with Crippen LogP contribution in [0.3, 0.4) is 0 Å². The van der Waals surface area contributed by atoms with Crippen molar-refractivity contribution < 1.29 is 32.6 Å². The van der Waals surface area contributed by atoms with Crippen LogP contribution in [0.1, 0.15) is 26.7 Å². The number of esters is 1. The van der Waals surface area contributed by atoms with E-state index in [1.165, 1.54) is 0 Å². The molecule has 0 aromatic carbocycles. The second-order valence-electron chi connectivity index (χ2n) is 3.47. The third-order valence-electron chi connectivity index (χ3n) is 1.96. The van der Waals surface area contributed by atoms with E-state index >= 15 is 0 Å². The summed E-state index contributed by atoms with van der Waals surface area (Å²) in [5, 5.41) is 7.12. The fourth-order valence-corrected chi connectivity index (χ4v) is 1.15. The van der Waals surface area contributed by atoms with E-state index in [1.807, 2.05) is 13.8 Å². The van der Waals surface area contributed by atoms with E-state index in [0.717, 1.165) is 18.6 Å². The molecule has 1 rings (SSSR count). The van der Waals surface area contributed by atoms with Gasteiger partial charge in [-0.25, -0.2) is 9.59 Å². The average Bonchev–Trinajstić information content (AvgIpc) is 2.65. The Kier molecular flexibility index (Phi) is 6.35. The lowest BCUT2D eigenvalue weighted by Crippen LogP contribution is -2.21. The number of hydrogen-bond acceptors (Lipinski definition) is 4. The monoisotopic (exact) mass is 269 g/mol. The fourth-order valence-electron chi connectivity index (χ4n) is 1.15. The topological polar surface area (TPSA) is 76.0 Å². The predicted octanol–water partition coefficient (Wildman–Crippen LogP) is 1.81. The minimum Gasteiger partial charge on any atom is -0.475 e. The number of alkyl halides is 3. The molecule has 0 aromatic heterocycles. The minimum atomic E-state index is -5.08. The summed E-state index contributed by atoms with van der Waals surface area (Å²) in [6.45, 7) is 4.20. The van der Waals surface area contributed by atoms with Gasteiger partial charge in [-0.2, -0.15) is 13.2 Å². The van der Waals surface area contributed by atoms with E-state index in [-0.39, 0.29) is 12.0 Å². The highest BCUT2D eigenvalue weighted by Crippen LogP contribution is 2.14. The first-order chi connectivity index (χ1) is 8.18. The van der Waals surface area contributed by atoms with Gasteiger partial charge in [-0.15, -0.1) is 0 Å². The number of carbonyl (C=O) groups excluding carboxylic acids is 1. The largest absolute Gasteiger partial charge is 0.490 e. The molecule has 0 bridgehead atoms. The lowest BCUT2D eigenvalue weighted by atomic mass is 10.2. The normalized spacial score (nSPS) is 18.5. The molecule has 0 aromatic rings. The number of ether oxygens (including phenoxy) is 1. The molecule has 0 spiro atoms. The van der Waals surface area contributed by atoms with Gasteiger partial charge in [0.15, 0.2) is 0 Å². The maximum absolute atomic E-state index is 11.1. The molecule has 18 heavy (non-hydrogen) atoms. The highest BCUT2D eigenvalue weighted by Gasteiger charge is 2.38. The molecule has 0 radical (unpaired) electrons. The SMILES string of the molecule is CCOC(=O)C1CCC(C)=N1.O=C(O)C(F)(F)F. The summed E-state index contributed by atoms with van der Waals surface area (Å²) in [6.07, 6.45) is -3.33. The van der Waals surface area contributed by atoms with E-state index in [0.29, 0.717) is 6.61 Å². The molecule has 1 aliphatic heterocycles. The Morgan fingerprint density at radius 2 is 2.00 bits per heavy atom. The molecule has 1 N–H and O–H groups in total. The van der Waals surface area contributed by atoms with Crippen LogP contribution in [0.15, 0.2) is 4.99 Å². The van der Waals surface area contributed by atoms with E-state index in [4.69, 9.17) is 14.6 Å². The summed E-state index contributed by atoms with van der Waals surface area (Å²) in [7, 11) is 0. The zero-order chi connectivity index (χ0) is 14.3. The Hall–Kier alpha value is -1.60. The summed E-state index contributed by atoms with van der Waals surface area (Å²) in [4.78, 5) is 24.1. The molecular weight excluding hydrogens is 255 g/mol. The lowest BCUT2D eigenvalue weighted by molar-refractivity contribution is -0.192. The van der Waals surface area contributed by atoms with Crippen molar-refractivity contribution in [1.29, 1.82) is 0 Å². The van der Waals surface area contributed by atoms with Crippen molar-refractivity contribution in [3.63, 3.8) is 0 Å². The summed E-state index contributed by atoms with van der Waals surface area (Å²) in [5.74, 6) is -2.93. The molecule has 1 heterocycles. The molecule has 1 atom stereocenters. The van der Waals surface area contributed by atoms with E-state index in [1.54, 1.807) is 0 Å². The first-order valence-electron chi connectivity index (χ1n) is 5.18. The Labute approximate surface area is 102 Å². The van der Waals surface area contributed by atoms with Crippen LogP contribution in [0.2, 0.25) is 0 Å². The molecule has 1 unspecified atom stereocenters. The fraction of sp³-hybridized carbons (Fsp3) is 0.700. The van der Waals surface area contributed by atoms with Crippen LogP contribution >= 0.6 is 0 Å². The standard InChI is InChI=1S/C8H13NO2.C2HF3O2/c1-3-11-8(10)7-5-4-6(2)9-7;3-2(4,5)1(6)7/h7H,3-5H2,1-2H3;(H,6,7). The maximum Gasteiger partial charge on any atom is 0.490 e. The number of carbonyl (C=O) groups is 2. The van der Waals surface area contributed by atoms with Gasteiger partial charge < -0.3 is 9.84 Å². The van der Waals surface area contributed by atoms with Gasteiger partial charge in [-0.3, -0.25) is 4.99 Å². The summed E-state index contributed by atoms with van der Waals surface area (Å²) < 4.78 is 36.6. The van der Waals surface area contributed by atoms with Crippen molar-refractivity contribution >= 4 is 17.7 Å². The Morgan fingerprint density at radius 1 is 1.50 bits per heavy atom. The van der Waals surface area contributed by atoms with Crippen molar-refractivity contribution in [3.8, 4) is 0 Å². The van der Waals surface area contributed by atoms with Gasteiger partial charge in [0.2, 0.25) is 0 Å². The van der Waals surface area contributed by atoms with Crippen LogP contribution in [0.4, 0.5) is 13.2 Å². The van der Waals surface area contributed by atoms with Crippen molar-refractivity contribution in [2.75, 3.05) is 6.61 Å². The molecule has 0 amide bonds. The molecule has 0 fully saturated rings. The van der Waals surface area contributed by atoms with Crippen molar-refractivity contribution in [1.82, 2.24) is 0 Å². The van der Waals surface area contributed by atoms with Crippen LogP contribution in [0, 0.1) is 0 Å². The third kappa shape index (κ3) is 6.21. The zero-order valence-corrected chi connectivity index (χ0v) is 9.95. The summed E-state index contributed by atoms with van der Waals surface area (Å²) in [6, 6.07) is -0.213. The Morgan fingerprint density at radius 3 is 2.28 bits per heavy atom. The average molecular weight is 269 g/mol. The second-order valence-corrected chi connectivity index (χ2v) is 3.47. The summed E-state index contributed by atoms with van der Waals surface area (Å²) >= 11 is 0. The smallest absolute Gasteiger partial charge is 0.475 e. The Bertz CT molecular complexity index is 339. The van der Waals surface area contributed by atoms with Gasteiger partial charge in [0.05, 0.1) is 6.61 Å². The molecule has 104 valence electrons. The van der Waals surface area contributed by atoms with Crippen LogP contribution < -0.4 is 0 Å². The van der Waals surface area contributed by atoms with E-state index < -0.39 is 12.1 Å². The minimum absolute atomic E-state index is 0.177. The Balaban J connectivity index is 0.000000360. The highest BCUT2D eigenvalue weighted by atomic mass is 19.4. The van der Waals surface area contributed by atoms with Gasteiger partial charge >= 0.3 is 18.1 Å². The number of halogens is 3. The third-order valence-corrected chi connectivity index (χ3v) is 1.96. The molecule has 5 nitrogen and oxygen atoms in total. The zero-order valence-electron chi connectivity index (χ0n) is 9.95. The molecule has 8 heteroatoms. The van der Waals surface area contributed by atoms with Crippen molar-refractivity contribution in [2.45, 2.75) is 38.9 Å². The maximum atomic E-state index is 11.1. The van der Waals surface area contributed by atoms with Gasteiger partial charge in [-0.05, 0) is 26.7 Å². The molecule has 0 aliphatic carbocycles. The molecule has 1 aliphatic rings. The number of nitrogens with zero attached hydrogens (tertiary/aromatic N) is 1. The molecule has 0 saturated carbocycles. The molecular formula is C10H14F3NO4. The quantitative estimate of drug-likeness (QED) is 0.775. The highest BCUT2D eigenvalue weighted by molar-refractivity contribution is 5.89. The first kappa shape index (κ1) is 16.4. The number of rotatable bonds is 2. The number of carboxylic acid groups (broad SMARTS) is 1. The van der Waals surface area contributed by atoms with Crippen LogP contribution in [0.5, 0.6) is 0 Å². The van der Waals surface area contributed by atoms with Crippen LogP contribution in [-0.4, -0.2) is 41.6 Å². The van der Waals surface area contributed by atoms with Gasteiger partial charge in [0.1, 0.15) is 6.04 Å². The van der Waals surface area contributed by atoms with Gasteiger partial charge in [0.25, 0.3) is 0 Å². The van der Waals surface area contributed by atoms with E-state index in [2.05, 4.69) is 4.99 Å². The number of hydrogen-bond donors (Lipinski definition) is 1. The van der Waals surface area contributed by atoms with Crippen LogP contribution in [-0.2, 0) is 14.3 Å².